The summed E-state index contributed by atoms with van der Waals surface area (Å²) in [4.78, 5) is 24.8. The summed E-state index contributed by atoms with van der Waals surface area (Å²) < 4.78 is 11.7. The van der Waals surface area contributed by atoms with Crippen LogP contribution in [0.15, 0.2) is 36.1 Å². The molecule has 0 saturated carbocycles. The normalized spacial score (nSPS) is 20.2. The third kappa shape index (κ3) is 8.37. The van der Waals surface area contributed by atoms with Crippen LogP contribution in [0.1, 0.15) is 52.9 Å². The Bertz CT molecular complexity index is 796. The fourth-order valence-electron chi connectivity index (χ4n) is 4.05. The van der Waals surface area contributed by atoms with Crippen molar-refractivity contribution in [3.63, 3.8) is 0 Å². The first kappa shape index (κ1) is 26.7. The van der Waals surface area contributed by atoms with Crippen molar-refractivity contribution in [3.05, 3.63) is 36.1 Å². The smallest absolute Gasteiger partial charge is 0.286 e. The molecule has 3 atom stereocenters. The number of amides is 2. The standard InChI is InChI=1S/C25H39N3O5/c1-4-32-25-18(10-9-15-29)19(17(2)3)16-22(33-25)24(31)27-14-8-7-13-23(30)28-21-12-6-5-11-20(21)26/h5-6,11-12,16-19,25,29H,4,7-10,13-15,26H2,1-3H3,(H,27,31)(H,28,30)/t18-,19+,25+/m0/s1. The number of benzene rings is 1. The lowest BCUT2D eigenvalue weighted by molar-refractivity contribution is -0.175. The molecular formula is C25H39N3O5. The van der Waals surface area contributed by atoms with Gasteiger partial charge in [-0.1, -0.05) is 26.0 Å². The fraction of sp³-hybridized carbons (Fsp3) is 0.600. The van der Waals surface area contributed by atoms with Gasteiger partial charge in [-0.05, 0) is 62.7 Å². The van der Waals surface area contributed by atoms with Crippen LogP contribution in [0.4, 0.5) is 11.4 Å². The van der Waals surface area contributed by atoms with Gasteiger partial charge in [0.1, 0.15) is 0 Å². The van der Waals surface area contributed by atoms with E-state index in [1.807, 2.05) is 25.1 Å². The first-order chi connectivity index (χ1) is 15.9. The summed E-state index contributed by atoms with van der Waals surface area (Å²) in [5, 5.41) is 14.9. The van der Waals surface area contributed by atoms with Crippen molar-refractivity contribution < 1.29 is 24.2 Å². The molecule has 0 aliphatic carbocycles. The van der Waals surface area contributed by atoms with Crippen LogP contribution in [-0.2, 0) is 19.1 Å². The first-order valence-electron chi connectivity index (χ1n) is 11.9. The molecule has 0 bridgehead atoms. The zero-order valence-corrected chi connectivity index (χ0v) is 20.0. The van der Waals surface area contributed by atoms with Crippen LogP contribution in [0.5, 0.6) is 0 Å². The molecule has 184 valence electrons. The van der Waals surface area contributed by atoms with E-state index >= 15 is 0 Å². The lowest BCUT2D eigenvalue weighted by Crippen LogP contribution is -2.41. The van der Waals surface area contributed by atoms with Crippen LogP contribution >= 0.6 is 0 Å². The second kappa shape index (κ2) is 13.9. The number of rotatable bonds is 13. The van der Waals surface area contributed by atoms with Crippen LogP contribution in [0.25, 0.3) is 0 Å². The highest BCUT2D eigenvalue weighted by atomic mass is 16.7. The Morgan fingerprint density at radius 1 is 1.21 bits per heavy atom. The fourth-order valence-corrected chi connectivity index (χ4v) is 4.05. The summed E-state index contributed by atoms with van der Waals surface area (Å²) >= 11 is 0. The Kier molecular flexibility index (Phi) is 11.2. The number of nitrogens with one attached hydrogen (secondary N) is 2. The molecule has 2 rings (SSSR count). The van der Waals surface area contributed by atoms with E-state index in [2.05, 4.69) is 24.5 Å². The molecule has 1 heterocycles. The topological polar surface area (TPSA) is 123 Å². The summed E-state index contributed by atoms with van der Waals surface area (Å²) in [6.07, 6.45) is 4.48. The van der Waals surface area contributed by atoms with E-state index in [9.17, 15) is 14.7 Å². The van der Waals surface area contributed by atoms with Crippen LogP contribution in [0.3, 0.4) is 0 Å². The van der Waals surface area contributed by atoms with E-state index in [1.165, 1.54) is 0 Å². The number of para-hydroxylation sites is 2. The number of anilines is 2. The Balaban J connectivity index is 1.83. The number of nitrogens with two attached hydrogens (primary N) is 1. The zero-order chi connectivity index (χ0) is 24.2. The van der Waals surface area contributed by atoms with Gasteiger partial charge in [-0.15, -0.1) is 0 Å². The molecule has 0 unspecified atom stereocenters. The molecule has 5 N–H and O–H groups in total. The predicted octanol–water partition coefficient (Wildman–Crippen LogP) is 3.43. The Hall–Kier alpha value is -2.58. The second-order valence-electron chi connectivity index (χ2n) is 8.67. The molecule has 1 aliphatic rings. The maximum absolute atomic E-state index is 12.7. The monoisotopic (exact) mass is 461 g/mol. The summed E-state index contributed by atoms with van der Waals surface area (Å²) in [5.41, 5.74) is 6.98. The summed E-state index contributed by atoms with van der Waals surface area (Å²) in [5.74, 6) is 0.422. The molecule has 8 heteroatoms. The van der Waals surface area contributed by atoms with E-state index in [4.69, 9.17) is 15.2 Å². The lowest BCUT2D eigenvalue weighted by atomic mass is 9.78. The third-order valence-corrected chi connectivity index (χ3v) is 5.80. The highest BCUT2D eigenvalue weighted by molar-refractivity contribution is 5.93. The molecule has 0 aromatic heterocycles. The Morgan fingerprint density at radius 2 is 1.97 bits per heavy atom. The Labute approximate surface area is 196 Å². The molecule has 33 heavy (non-hydrogen) atoms. The number of carbonyl (C=O) groups excluding carboxylic acids is 2. The SMILES string of the molecule is CCO[C@@H]1OC(C(=O)NCCCCC(=O)Nc2ccccc2N)=C[C@H](C(C)C)[C@@H]1CCCO. The zero-order valence-electron chi connectivity index (χ0n) is 20.0. The molecular weight excluding hydrogens is 422 g/mol. The van der Waals surface area contributed by atoms with Gasteiger partial charge >= 0.3 is 0 Å². The third-order valence-electron chi connectivity index (χ3n) is 5.80. The second-order valence-corrected chi connectivity index (χ2v) is 8.67. The minimum absolute atomic E-state index is 0.0887. The van der Waals surface area contributed by atoms with E-state index in [-0.39, 0.29) is 36.0 Å². The molecule has 0 spiro atoms. The number of carbonyl (C=O) groups is 2. The highest BCUT2D eigenvalue weighted by Gasteiger charge is 2.38. The van der Waals surface area contributed by atoms with E-state index in [0.29, 0.717) is 56.1 Å². The largest absolute Gasteiger partial charge is 0.459 e. The molecule has 2 amide bonds. The number of hydrogen-bond donors (Lipinski definition) is 4. The number of ether oxygens (including phenoxy) is 2. The number of nitrogen functional groups attached to an aromatic ring is 1. The van der Waals surface area contributed by atoms with Gasteiger partial charge in [0, 0.05) is 32.1 Å². The predicted molar refractivity (Wildman–Crippen MR) is 129 cm³/mol. The summed E-state index contributed by atoms with van der Waals surface area (Å²) in [6, 6.07) is 7.13. The maximum atomic E-state index is 12.7. The lowest BCUT2D eigenvalue weighted by Gasteiger charge is -2.38. The van der Waals surface area contributed by atoms with E-state index in [0.717, 1.165) is 6.42 Å². The molecule has 0 fully saturated rings. The van der Waals surface area contributed by atoms with Crippen LogP contribution in [-0.4, -0.2) is 43.0 Å². The van der Waals surface area contributed by atoms with Gasteiger partial charge in [0.2, 0.25) is 12.2 Å². The molecule has 1 aliphatic heterocycles. The number of aliphatic hydroxyl groups is 1. The van der Waals surface area contributed by atoms with Gasteiger partial charge in [0.25, 0.3) is 5.91 Å². The number of unbranched alkanes of at least 4 members (excludes halogenated alkanes) is 1. The average molecular weight is 462 g/mol. The molecule has 8 nitrogen and oxygen atoms in total. The van der Waals surface area contributed by atoms with Gasteiger partial charge in [-0.25, -0.2) is 0 Å². The first-order valence-corrected chi connectivity index (χ1v) is 11.9. The number of allylic oxidation sites excluding steroid dienone is 1. The summed E-state index contributed by atoms with van der Waals surface area (Å²) in [6.45, 7) is 7.18. The van der Waals surface area contributed by atoms with Crippen LogP contribution < -0.4 is 16.4 Å². The molecule has 0 saturated heterocycles. The van der Waals surface area contributed by atoms with E-state index in [1.54, 1.807) is 12.1 Å². The van der Waals surface area contributed by atoms with E-state index < -0.39 is 6.29 Å². The quantitative estimate of drug-likeness (QED) is 0.264. The van der Waals surface area contributed by atoms with Gasteiger partial charge < -0.3 is 30.9 Å². The van der Waals surface area contributed by atoms with Crippen molar-refractivity contribution in [1.29, 1.82) is 0 Å². The van der Waals surface area contributed by atoms with Gasteiger partial charge in [0.15, 0.2) is 5.76 Å². The molecule has 0 radical (unpaired) electrons. The molecule has 1 aromatic rings. The number of aliphatic hydroxyl groups excluding tert-OH is 1. The van der Waals surface area contributed by atoms with Crippen molar-refractivity contribution in [1.82, 2.24) is 5.32 Å². The van der Waals surface area contributed by atoms with Gasteiger partial charge in [-0.3, -0.25) is 9.59 Å². The highest BCUT2D eigenvalue weighted by Crippen LogP contribution is 2.37. The van der Waals surface area contributed by atoms with Crippen molar-refractivity contribution in [2.24, 2.45) is 17.8 Å². The minimum Gasteiger partial charge on any atom is -0.459 e. The number of hydrogen-bond acceptors (Lipinski definition) is 6. The molecule has 1 aromatic carbocycles. The van der Waals surface area contributed by atoms with Crippen molar-refractivity contribution >= 4 is 23.2 Å². The van der Waals surface area contributed by atoms with Crippen LogP contribution in [0.2, 0.25) is 0 Å². The van der Waals surface area contributed by atoms with Crippen molar-refractivity contribution in [3.8, 4) is 0 Å². The average Bonchev–Trinajstić information content (AvgIpc) is 2.79. The summed E-state index contributed by atoms with van der Waals surface area (Å²) in [7, 11) is 0. The minimum atomic E-state index is -0.506. The maximum Gasteiger partial charge on any atom is 0.286 e. The van der Waals surface area contributed by atoms with Crippen molar-refractivity contribution in [2.75, 3.05) is 30.8 Å². The van der Waals surface area contributed by atoms with Gasteiger partial charge in [0.05, 0.1) is 11.4 Å². The van der Waals surface area contributed by atoms with Crippen molar-refractivity contribution in [2.45, 2.75) is 59.2 Å². The van der Waals surface area contributed by atoms with Crippen LogP contribution in [0, 0.1) is 17.8 Å². The Morgan fingerprint density at radius 3 is 2.64 bits per heavy atom. The van der Waals surface area contributed by atoms with Gasteiger partial charge in [-0.2, -0.15) is 0 Å².